The van der Waals surface area contributed by atoms with Gasteiger partial charge in [-0.1, -0.05) is 30.3 Å². The molecule has 0 spiro atoms. The maximum absolute atomic E-state index is 5.45. The van der Waals surface area contributed by atoms with Crippen molar-refractivity contribution in [1.82, 2.24) is 5.48 Å². The van der Waals surface area contributed by atoms with Crippen LogP contribution in [0.4, 0.5) is 0 Å². The number of benzene rings is 1. The SMILES string of the molecule is CC(NO[SiH](C)C)c1ccccc1. The van der Waals surface area contributed by atoms with Crippen molar-refractivity contribution in [3.8, 4) is 0 Å². The Bertz CT molecular complexity index is 238. The van der Waals surface area contributed by atoms with E-state index in [4.69, 9.17) is 4.53 Å². The van der Waals surface area contributed by atoms with Gasteiger partial charge in [-0.15, -0.1) is 0 Å². The molecular weight excluding hydrogens is 178 g/mol. The molecule has 1 atom stereocenters. The Morgan fingerprint density at radius 1 is 1.23 bits per heavy atom. The molecule has 1 aromatic carbocycles. The first kappa shape index (κ1) is 10.4. The first-order valence-electron chi connectivity index (χ1n) is 4.66. The lowest BCUT2D eigenvalue weighted by atomic mass is 10.1. The van der Waals surface area contributed by atoms with Crippen molar-refractivity contribution in [2.45, 2.75) is 26.1 Å². The zero-order valence-corrected chi connectivity index (χ0v) is 9.60. The smallest absolute Gasteiger partial charge is 0.199 e. The lowest BCUT2D eigenvalue weighted by molar-refractivity contribution is 0.164. The van der Waals surface area contributed by atoms with Crippen LogP contribution in [0.2, 0.25) is 13.1 Å². The molecule has 13 heavy (non-hydrogen) atoms. The van der Waals surface area contributed by atoms with Gasteiger partial charge >= 0.3 is 0 Å². The van der Waals surface area contributed by atoms with E-state index in [9.17, 15) is 0 Å². The van der Waals surface area contributed by atoms with Gasteiger partial charge in [-0.3, -0.25) is 0 Å². The van der Waals surface area contributed by atoms with E-state index in [1.165, 1.54) is 5.56 Å². The van der Waals surface area contributed by atoms with Gasteiger partial charge in [0.25, 0.3) is 0 Å². The summed E-state index contributed by atoms with van der Waals surface area (Å²) in [6.07, 6.45) is 0. The second-order valence-corrected chi connectivity index (χ2v) is 5.75. The lowest BCUT2D eigenvalue weighted by Crippen LogP contribution is -2.25. The van der Waals surface area contributed by atoms with E-state index in [-0.39, 0.29) is 6.04 Å². The Balaban J connectivity index is 2.44. The van der Waals surface area contributed by atoms with Crippen LogP contribution in [0, 0.1) is 0 Å². The predicted molar refractivity (Wildman–Crippen MR) is 58.0 cm³/mol. The average Bonchev–Trinajstić information content (AvgIpc) is 2.15. The summed E-state index contributed by atoms with van der Waals surface area (Å²) in [7, 11) is -0.961. The molecular formula is C10H17NOSi. The fourth-order valence-electron chi connectivity index (χ4n) is 1.05. The molecule has 0 saturated carbocycles. The summed E-state index contributed by atoms with van der Waals surface area (Å²) >= 11 is 0. The zero-order valence-electron chi connectivity index (χ0n) is 8.45. The quantitative estimate of drug-likeness (QED) is 0.588. The van der Waals surface area contributed by atoms with Crippen molar-refractivity contribution in [2.24, 2.45) is 0 Å². The Morgan fingerprint density at radius 2 is 1.85 bits per heavy atom. The lowest BCUT2D eigenvalue weighted by Gasteiger charge is -2.15. The second kappa shape index (κ2) is 5.17. The summed E-state index contributed by atoms with van der Waals surface area (Å²) in [6, 6.07) is 10.6. The van der Waals surface area contributed by atoms with Crippen molar-refractivity contribution in [1.29, 1.82) is 0 Å². The molecule has 0 saturated heterocycles. The Morgan fingerprint density at radius 3 is 2.38 bits per heavy atom. The molecule has 2 nitrogen and oxygen atoms in total. The van der Waals surface area contributed by atoms with Crippen LogP contribution >= 0.6 is 0 Å². The molecule has 1 aromatic rings. The molecule has 3 heteroatoms. The normalized spacial score (nSPS) is 13.2. The van der Waals surface area contributed by atoms with Crippen LogP contribution in [-0.2, 0) is 4.53 Å². The fourth-order valence-corrected chi connectivity index (χ4v) is 1.52. The summed E-state index contributed by atoms with van der Waals surface area (Å²) < 4.78 is 5.45. The number of hydroxylamine groups is 1. The van der Waals surface area contributed by atoms with Gasteiger partial charge in [0.15, 0.2) is 9.04 Å². The average molecular weight is 195 g/mol. The van der Waals surface area contributed by atoms with Crippen LogP contribution in [0.3, 0.4) is 0 Å². The van der Waals surface area contributed by atoms with E-state index in [1.807, 2.05) is 18.2 Å². The summed E-state index contributed by atoms with van der Waals surface area (Å²) in [5.41, 5.74) is 4.32. The van der Waals surface area contributed by atoms with E-state index < -0.39 is 9.04 Å². The topological polar surface area (TPSA) is 21.3 Å². The van der Waals surface area contributed by atoms with Gasteiger partial charge < -0.3 is 4.53 Å². The van der Waals surface area contributed by atoms with Crippen molar-refractivity contribution in [2.75, 3.05) is 0 Å². The summed E-state index contributed by atoms with van der Waals surface area (Å²) in [6.45, 7) is 6.39. The third-order valence-corrected chi connectivity index (χ3v) is 2.39. The maximum Gasteiger partial charge on any atom is 0.199 e. The minimum absolute atomic E-state index is 0.274. The highest BCUT2D eigenvalue weighted by atomic mass is 28.3. The van der Waals surface area contributed by atoms with Gasteiger partial charge in [0.2, 0.25) is 0 Å². The van der Waals surface area contributed by atoms with Gasteiger partial charge in [0, 0.05) is 0 Å². The highest BCUT2D eigenvalue weighted by Crippen LogP contribution is 2.10. The Labute approximate surface area is 81.6 Å². The van der Waals surface area contributed by atoms with E-state index in [0.717, 1.165) is 0 Å². The second-order valence-electron chi connectivity index (χ2n) is 3.42. The fraction of sp³-hybridized carbons (Fsp3) is 0.400. The van der Waals surface area contributed by atoms with Crippen LogP contribution in [0.25, 0.3) is 0 Å². The summed E-state index contributed by atoms with van der Waals surface area (Å²) in [5.74, 6) is 0. The van der Waals surface area contributed by atoms with Crippen LogP contribution in [0.15, 0.2) is 30.3 Å². The molecule has 1 N–H and O–H groups in total. The minimum atomic E-state index is -0.961. The van der Waals surface area contributed by atoms with Crippen molar-refractivity contribution >= 4 is 9.04 Å². The number of hydrogen-bond donors (Lipinski definition) is 1. The number of nitrogens with one attached hydrogen (secondary N) is 1. The van der Waals surface area contributed by atoms with E-state index in [2.05, 4.69) is 37.6 Å². The van der Waals surface area contributed by atoms with E-state index in [1.54, 1.807) is 0 Å². The third kappa shape index (κ3) is 3.72. The molecule has 0 aliphatic heterocycles. The first-order chi connectivity index (χ1) is 6.20. The number of hydrogen-bond acceptors (Lipinski definition) is 2. The highest BCUT2D eigenvalue weighted by molar-refractivity contribution is 6.48. The minimum Gasteiger partial charge on any atom is -0.349 e. The van der Waals surface area contributed by atoms with Gasteiger partial charge in [-0.05, 0) is 25.6 Å². The molecule has 0 aliphatic rings. The van der Waals surface area contributed by atoms with E-state index >= 15 is 0 Å². The first-order valence-corrected chi connectivity index (χ1v) is 7.44. The van der Waals surface area contributed by atoms with Gasteiger partial charge in [0.1, 0.15) is 0 Å². The Kier molecular flexibility index (Phi) is 4.15. The highest BCUT2D eigenvalue weighted by Gasteiger charge is 2.04. The molecule has 0 bridgehead atoms. The van der Waals surface area contributed by atoms with Gasteiger partial charge in [0.05, 0.1) is 6.04 Å². The van der Waals surface area contributed by atoms with Crippen molar-refractivity contribution in [3.05, 3.63) is 35.9 Å². The number of rotatable bonds is 4. The molecule has 0 fully saturated rings. The van der Waals surface area contributed by atoms with Crippen LogP contribution in [-0.4, -0.2) is 9.04 Å². The molecule has 1 rings (SSSR count). The molecule has 0 amide bonds. The molecule has 1 unspecified atom stereocenters. The van der Waals surface area contributed by atoms with Gasteiger partial charge in [-0.2, -0.15) is 0 Å². The van der Waals surface area contributed by atoms with E-state index in [0.29, 0.717) is 0 Å². The zero-order chi connectivity index (χ0) is 9.68. The molecule has 0 heterocycles. The van der Waals surface area contributed by atoms with Crippen LogP contribution < -0.4 is 5.48 Å². The standard InChI is InChI=1S/C10H17NOSi/c1-9(11-12-13(2)3)10-7-5-4-6-8-10/h4-9,11,13H,1-3H3. The van der Waals surface area contributed by atoms with Gasteiger partial charge in [-0.25, -0.2) is 5.48 Å². The monoisotopic (exact) mass is 195 g/mol. The molecule has 72 valence electrons. The Hall–Kier alpha value is -0.643. The third-order valence-electron chi connectivity index (χ3n) is 1.78. The maximum atomic E-state index is 5.45. The van der Waals surface area contributed by atoms with Crippen LogP contribution in [0.1, 0.15) is 18.5 Å². The van der Waals surface area contributed by atoms with Crippen molar-refractivity contribution < 1.29 is 4.53 Å². The van der Waals surface area contributed by atoms with Crippen molar-refractivity contribution in [3.63, 3.8) is 0 Å². The molecule has 0 radical (unpaired) electrons. The largest absolute Gasteiger partial charge is 0.349 e. The van der Waals surface area contributed by atoms with Crippen LogP contribution in [0.5, 0.6) is 0 Å². The summed E-state index contributed by atoms with van der Waals surface area (Å²) in [4.78, 5) is 0. The molecule has 0 aliphatic carbocycles. The molecule has 0 aromatic heterocycles. The predicted octanol–water partition coefficient (Wildman–Crippen LogP) is 2.25. The summed E-state index contributed by atoms with van der Waals surface area (Å²) in [5, 5.41) is 0.